The van der Waals surface area contributed by atoms with Gasteiger partial charge in [0, 0.05) is 21.2 Å². The molecule has 0 aliphatic carbocycles. The molecule has 0 unspecified atom stereocenters. The number of methoxy groups -OCH3 is 1. The first kappa shape index (κ1) is 26.7. The minimum absolute atomic E-state index is 0.0405. The summed E-state index contributed by atoms with van der Waals surface area (Å²) >= 11 is 15.7. The topological polar surface area (TPSA) is 87.3 Å². The maximum Gasteiger partial charge on any atom is 0.283 e. The number of amidine groups is 2. The van der Waals surface area contributed by atoms with E-state index >= 15 is 0 Å². The van der Waals surface area contributed by atoms with Crippen LogP contribution in [0.3, 0.4) is 0 Å². The molecule has 38 heavy (non-hydrogen) atoms. The number of fused-ring (bicyclic) bond motifs is 1. The summed E-state index contributed by atoms with van der Waals surface area (Å²) in [6.45, 7) is 2.23. The standard InChI is InChI=1S/C27H19Cl2IN4O3S/c1-14-3-5-16(6-4-14)26-33-34-24(31)19(25(35)32-27(34)38-26)9-15-10-21(30)23(22(11-15)36-2)37-13-17-7-8-18(28)12-20(17)29/h3-12,31H,13H2,1-2H3. The average Bonchev–Trinajstić information content (AvgIpc) is 3.31. The molecule has 0 radical (unpaired) electrons. The number of ether oxygens (including phenoxy) is 2. The summed E-state index contributed by atoms with van der Waals surface area (Å²) in [5.41, 5.74) is 3.60. The molecule has 0 aromatic heterocycles. The number of aliphatic imine (C=N–C) groups is 1. The zero-order valence-electron chi connectivity index (χ0n) is 20.1. The summed E-state index contributed by atoms with van der Waals surface area (Å²) in [6, 6.07) is 16.7. The molecule has 0 saturated heterocycles. The van der Waals surface area contributed by atoms with Crippen LogP contribution in [-0.4, -0.2) is 34.1 Å². The van der Waals surface area contributed by atoms with E-state index in [0.717, 1.165) is 20.3 Å². The molecule has 11 heteroatoms. The molecule has 2 heterocycles. The van der Waals surface area contributed by atoms with Crippen molar-refractivity contribution in [3.8, 4) is 11.5 Å². The van der Waals surface area contributed by atoms with Crippen molar-refractivity contribution in [2.45, 2.75) is 13.5 Å². The minimum Gasteiger partial charge on any atom is -0.493 e. The first-order chi connectivity index (χ1) is 18.2. The Hall–Kier alpha value is -2.86. The second-order valence-electron chi connectivity index (χ2n) is 8.35. The molecule has 2 aliphatic heterocycles. The van der Waals surface area contributed by atoms with E-state index in [1.54, 1.807) is 30.3 Å². The summed E-state index contributed by atoms with van der Waals surface area (Å²) in [7, 11) is 1.54. The Morgan fingerprint density at radius 3 is 2.61 bits per heavy atom. The van der Waals surface area contributed by atoms with Gasteiger partial charge in [0.15, 0.2) is 17.3 Å². The number of rotatable bonds is 6. The molecule has 0 atom stereocenters. The third kappa shape index (κ3) is 5.47. The van der Waals surface area contributed by atoms with Gasteiger partial charge in [-0.15, -0.1) is 0 Å². The van der Waals surface area contributed by atoms with Crippen LogP contribution in [0.25, 0.3) is 6.08 Å². The van der Waals surface area contributed by atoms with Gasteiger partial charge in [-0.3, -0.25) is 10.2 Å². The van der Waals surface area contributed by atoms with Crippen LogP contribution in [0, 0.1) is 15.9 Å². The van der Waals surface area contributed by atoms with Crippen LogP contribution in [0.5, 0.6) is 11.5 Å². The lowest BCUT2D eigenvalue weighted by molar-refractivity contribution is -0.114. The van der Waals surface area contributed by atoms with Crippen molar-refractivity contribution < 1.29 is 14.3 Å². The lowest BCUT2D eigenvalue weighted by Crippen LogP contribution is -2.35. The Morgan fingerprint density at radius 2 is 1.89 bits per heavy atom. The van der Waals surface area contributed by atoms with E-state index in [4.69, 9.17) is 38.1 Å². The van der Waals surface area contributed by atoms with Crippen molar-refractivity contribution in [3.05, 3.63) is 96.0 Å². The van der Waals surface area contributed by atoms with Crippen molar-refractivity contribution >= 4 is 85.6 Å². The average molecular weight is 677 g/mol. The van der Waals surface area contributed by atoms with Gasteiger partial charge in [-0.2, -0.15) is 15.1 Å². The van der Waals surface area contributed by atoms with Crippen molar-refractivity contribution in [3.63, 3.8) is 0 Å². The van der Waals surface area contributed by atoms with E-state index in [2.05, 4.69) is 32.7 Å². The Kier molecular flexibility index (Phi) is 7.80. The van der Waals surface area contributed by atoms with Crippen LogP contribution in [0.2, 0.25) is 10.0 Å². The molecule has 1 amide bonds. The van der Waals surface area contributed by atoms with Crippen LogP contribution in [-0.2, 0) is 11.4 Å². The largest absolute Gasteiger partial charge is 0.493 e. The third-order valence-corrected chi connectivity index (χ3v) is 8.05. The number of thioether (sulfide) groups is 1. The van der Waals surface area contributed by atoms with E-state index < -0.39 is 5.91 Å². The van der Waals surface area contributed by atoms with E-state index in [9.17, 15) is 4.79 Å². The SMILES string of the molecule is COc1cc(C=C2C(=N)N3N=C(c4ccc(C)cc4)SC3=NC2=O)cc(I)c1OCc1ccc(Cl)cc1Cl. The third-order valence-electron chi connectivity index (χ3n) is 5.70. The molecule has 0 saturated carbocycles. The Morgan fingerprint density at radius 1 is 1.13 bits per heavy atom. The van der Waals surface area contributed by atoms with Gasteiger partial charge < -0.3 is 9.47 Å². The first-order valence-corrected chi connectivity index (χ1v) is 13.9. The number of benzene rings is 3. The maximum atomic E-state index is 12.9. The Bertz CT molecular complexity index is 1570. The highest BCUT2D eigenvalue weighted by Crippen LogP contribution is 2.37. The first-order valence-electron chi connectivity index (χ1n) is 11.2. The lowest BCUT2D eigenvalue weighted by atomic mass is 10.1. The van der Waals surface area contributed by atoms with Gasteiger partial charge >= 0.3 is 0 Å². The van der Waals surface area contributed by atoms with Crippen molar-refractivity contribution in [1.29, 1.82) is 5.41 Å². The summed E-state index contributed by atoms with van der Waals surface area (Å²) in [6.07, 6.45) is 1.61. The number of hydrogen-bond donors (Lipinski definition) is 1. The monoisotopic (exact) mass is 676 g/mol. The second kappa shape index (κ2) is 11.1. The summed E-state index contributed by atoms with van der Waals surface area (Å²) in [4.78, 5) is 17.1. The molecule has 5 rings (SSSR count). The van der Waals surface area contributed by atoms with Gasteiger partial charge in [-0.25, -0.2) is 0 Å². The van der Waals surface area contributed by atoms with Crippen LogP contribution in [0.15, 0.2) is 70.3 Å². The van der Waals surface area contributed by atoms with Crippen molar-refractivity contribution in [2.75, 3.05) is 7.11 Å². The molecule has 3 aromatic rings. The number of nitrogens with zero attached hydrogens (tertiary/aromatic N) is 3. The Labute approximate surface area is 247 Å². The van der Waals surface area contributed by atoms with Gasteiger partial charge in [0.1, 0.15) is 11.7 Å². The molecule has 2 aliphatic rings. The van der Waals surface area contributed by atoms with E-state index in [0.29, 0.717) is 37.3 Å². The number of nitrogens with one attached hydrogen (secondary N) is 1. The normalized spacial score (nSPS) is 15.9. The maximum absolute atomic E-state index is 12.9. The van der Waals surface area contributed by atoms with E-state index in [1.165, 1.54) is 23.9 Å². The minimum atomic E-state index is -0.499. The molecular formula is C27H19Cl2IN4O3S. The Balaban J connectivity index is 1.41. The molecule has 7 nitrogen and oxygen atoms in total. The molecule has 0 bridgehead atoms. The number of carbonyl (C=O) groups excluding carboxylic acids is 1. The molecular weight excluding hydrogens is 658 g/mol. The predicted octanol–water partition coefficient (Wildman–Crippen LogP) is 7.16. The van der Waals surface area contributed by atoms with Gasteiger partial charge in [-0.1, -0.05) is 59.1 Å². The molecule has 3 aromatic carbocycles. The highest BCUT2D eigenvalue weighted by molar-refractivity contribution is 14.1. The molecule has 1 N–H and O–H groups in total. The predicted molar refractivity (Wildman–Crippen MR) is 162 cm³/mol. The molecule has 0 fully saturated rings. The van der Waals surface area contributed by atoms with Gasteiger partial charge in [0.2, 0.25) is 5.17 Å². The number of amides is 1. The summed E-state index contributed by atoms with van der Waals surface area (Å²) < 4.78 is 12.4. The van der Waals surface area contributed by atoms with E-state index in [1.807, 2.05) is 37.3 Å². The van der Waals surface area contributed by atoms with Crippen LogP contribution in [0.4, 0.5) is 0 Å². The number of aryl methyl sites for hydroxylation is 1. The van der Waals surface area contributed by atoms with Gasteiger partial charge in [0.05, 0.1) is 16.3 Å². The van der Waals surface area contributed by atoms with Crippen molar-refractivity contribution in [1.82, 2.24) is 5.01 Å². The molecule has 0 spiro atoms. The number of carbonyl (C=O) groups is 1. The van der Waals surface area contributed by atoms with Crippen molar-refractivity contribution in [2.24, 2.45) is 10.1 Å². The quantitative estimate of drug-likeness (QED) is 0.221. The van der Waals surface area contributed by atoms with Gasteiger partial charge in [0.25, 0.3) is 5.91 Å². The van der Waals surface area contributed by atoms with E-state index in [-0.39, 0.29) is 18.0 Å². The second-order valence-corrected chi connectivity index (χ2v) is 11.3. The van der Waals surface area contributed by atoms with Crippen LogP contribution in [0.1, 0.15) is 22.3 Å². The fourth-order valence-corrected chi connectivity index (χ4v) is 5.86. The number of halogens is 3. The fourth-order valence-electron chi connectivity index (χ4n) is 3.72. The summed E-state index contributed by atoms with van der Waals surface area (Å²) in [5.74, 6) is 0.473. The molecule has 192 valence electrons. The van der Waals surface area contributed by atoms with Crippen LogP contribution >= 0.6 is 57.6 Å². The number of hydrazone groups is 1. The van der Waals surface area contributed by atoms with Crippen LogP contribution < -0.4 is 9.47 Å². The highest BCUT2D eigenvalue weighted by Gasteiger charge is 2.36. The fraction of sp³-hybridized carbons (Fsp3) is 0.111. The smallest absolute Gasteiger partial charge is 0.283 e. The highest BCUT2D eigenvalue weighted by atomic mass is 127. The lowest BCUT2D eigenvalue weighted by Gasteiger charge is -2.20. The zero-order valence-corrected chi connectivity index (χ0v) is 24.6. The van der Waals surface area contributed by atoms with Gasteiger partial charge in [-0.05, 0) is 77.2 Å². The summed E-state index contributed by atoms with van der Waals surface area (Å²) in [5, 5.41) is 16.7. The number of hydrogen-bond acceptors (Lipinski definition) is 6. The zero-order chi connectivity index (χ0) is 27.0.